The van der Waals surface area contributed by atoms with Crippen molar-refractivity contribution >= 4 is 16.9 Å². The van der Waals surface area contributed by atoms with Gasteiger partial charge >= 0.3 is 0 Å². The first kappa shape index (κ1) is 17.0. The maximum atomic E-state index is 13.1. The van der Waals surface area contributed by atoms with Crippen LogP contribution in [0.4, 0.5) is 10.2 Å². The lowest BCUT2D eigenvalue weighted by molar-refractivity contribution is 0.128. The molecule has 6 heteroatoms. The van der Waals surface area contributed by atoms with Gasteiger partial charge in [0.2, 0.25) is 0 Å². The molecule has 2 aromatic heterocycles. The van der Waals surface area contributed by atoms with Gasteiger partial charge in [-0.15, -0.1) is 0 Å². The summed E-state index contributed by atoms with van der Waals surface area (Å²) in [7, 11) is 0. The van der Waals surface area contributed by atoms with E-state index in [1.54, 1.807) is 6.33 Å². The highest BCUT2D eigenvalue weighted by molar-refractivity contribution is 5.86. The van der Waals surface area contributed by atoms with E-state index < -0.39 is 0 Å². The second-order valence-corrected chi connectivity index (χ2v) is 7.23. The molecule has 136 valence electrons. The molecule has 3 aromatic rings. The minimum atomic E-state index is -0.177. The Labute approximate surface area is 152 Å². The Balaban J connectivity index is 1.39. The van der Waals surface area contributed by atoms with E-state index in [1.807, 2.05) is 24.4 Å². The Bertz CT molecular complexity index is 860. The van der Waals surface area contributed by atoms with Gasteiger partial charge in [-0.25, -0.2) is 14.4 Å². The third kappa shape index (κ3) is 3.70. The summed E-state index contributed by atoms with van der Waals surface area (Å²) in [5.41, 5.74) is 2.02. The highest BCUT2D eigenvalue weighted by atomic mass is 19.1. The molecule has 2 unspecified atom stereocenters. The van der Waals surface area contributed by atoms with Crippen molar-refractivity contribution in [2.45, 2.75) is 19.9 Å². The van der Waals surface area contributed by atoms with Gasteiger partial charge < -0.3 is 10.3 Å². The van der Waals surface area contributed by atoms with Gasteiger partial charge in [-0.1, -0.05) is 19.1 Å². The minimum Gasteiger partial charge on any atom is -0.369 e. The molecule has 1 aliphatic rings. The Morgan fingerprint density at radius 2 is 2.08 bits per heavy atom. The minimum absolute atomic E-state index is 0.177. The lowest BCUT2D eigenvalue weighted by Crippen LogP contribution is -2.41. The van der Waals surface area contributed by atoms with Crippen LogP contribution >= 0.6 is 0 Å². The van der Waals surface area contributed by atoms with Gasteiger partial charge in [0, 0.05) is 25.8 Å². The van der Waals surface area contributed by atoms with Crippen LogP contribution in [0.25, 0.3) is 11.0 Å². The summed E-state index contributed by atoms with van der Waals surface area (Å²) in [5.74, 6) is 1.92. The molecule has 0 aliphatic carbocycles. The van der Waals surface area contributed by atoms with Crippen molar-refractivity contribution in [3.8, 4) is 0 Å². The van der Waals surface area contributed by atoms with Crippen molar-refractivity contribution < 1.29 is 4.39 Å². The summed E-state index contributed by atoms with van der Waals surface area (Å²) in [6.45, 7) is 6.21. The van der Waals surface area contributed by atoms with Crippen LogP contribution < -0.4 is 5.32 Å². The van der Waals surface area contributed by atoms with Crippen LogP contribution in [-0.2, 0) is 6.54 Å². The summed E-state index contributed by atoms with van der Waals surface area (Å²) in [4.78, 5) is 14.2. The molecular formula is C20H24FN5. The molecule has 1 aromatic carbocycles. The Morgan fingerprint density at radius 3 is 2.92 bits per heavy atom. The van der Waals surface area contributed by atoms with Gasteiger partial charge in [-0.05, 0) is 48.6 Å². The number of nitrogens with zero attached hydrogens (tertiary/aromatic N) is 3. The lowest BCUT2D eigenvalue weighted by atomic mass is 9.86. The smallest absolute Gasteiger partial charge is 0.142 e. The number of benzene rings is 1. The van der Waals surface area contributed by atoms with E-state index in [0.717, 1.165) is 48.6 Å². The van der Waals surface area contributed by atoms with Crippen molar-refractivity contribution in [3.05, 3.63) is 54.2 Å². The van der Waals surface area contributed by atoms with E-state index in [-0.39, 0.29) is 5.82 Å². The standard InChI is InChI=1S/C20H24FN5/c1-14-7-9-26(11-15-2-4-17(21)5-3-15)12-16(14)10-23-20-18-6-8-22-19(18)24-13-25-20/h2-6,8,13-14,16H,7,9-12H2,1H3,(H2,22,23,24,25). The second kappa shape index (κ2) is 7.41. The quantitative estimate of drug-likeness (QED) is 0.735. The molecule has 0 saturated carbocycles. The van der Waals surface area contributed by atoms with Gasteiger partial charge in [-0.2, -0.15) is 0 Å². The largest absolute Gasteiger partial charge is 0.369 e. The number of rotatable bonds is 5. The number of aromatic amines is 1. The summed E-state index contributed by atoms with van der Waals surface area (Å²) in [5, 5.41) is 4.55. The molecule has 3 heterocycles. The summed E-state index contributed by atoms with van der Waals surface area (Å²) >= 11 is 0. The molecule has 1 fully saturated rings. The first-order valence-electron chi connectivity index (χ1n) is 9.18. The van der Waals surface area contributed by atoms with Crippen LogP contribution in [-0.4, -0.2) is 39.5 Å². The molecule has 4 rings (SSSR count). The van der Waals surface area contributed by atoms with Gasteiger partial charge in [0.15, 0.2) is 0 Å². The van der Waals surface area contributed by atoms with Crippen LogP contribution in [0.2, 0.25) is 0 Å². The number of likely N-dealkylation sites (tertiary alicyclic amines) is 1. The normalized spacial score (nSPS) is 21.2. The van der Waals surface area contributed by atoms with Crippen molar-refractivity contribution in [2.75, 3.05) is 25.0 Å². The third-order valence-corrected chi connectivity index (χ3v) is 5.40. The number of H-pyrrole nitrogens is 1. The predicted molar refractivity (Wildman–Crippen MR) is 101 cm³/mol. The van der Waals surface area contributed by atoms with Gasteiger partial charge in [0.05, 0.1) is 5.39 Å². The zero-order chi connectivity index (χ0) is 17.9. The Hall–Kier alpha value is -2.47. The Morgan fingerprint density at radius 1 is 1.23 bits per heavy atom. The van der Waals surface area contributed by atoms with Crippen molar-refractivity contribution in [1.29, 1.82) is 0 Å². The number of aromatic nitrogens is 3. The molecule has 2 N–H and O–H groups in total. The fourth-order valence-electron chi connectivity index (χ4n) is 3.72. The SMILES string of the molecule is CC1CCN(Cc2ccc(F)cc2)CC1CNc1ncnc2[nH]ccc12. The molecule has 1 saturated heterocycles. The first-order chi connectivity index (χ1) is 12.7. The van der Waals surface area contributed by atoms with Crippen molar-refractivity contribution in [3.63, 3.8) is 0 Å². The zero-order valence-corrected chi connectivity index (χ0v) is 15.0. The number of anilines is 1. The highest BCUT2D eigenvalue weighted by Gasteiger charge is 2.26. The van der Waals surface area contributed by atoms with E-state index in [2.05, 4.69) is 32.1 Å². The monoisotopic (exact) mass is 353 g/mol. The molecular weight excluding hydrogens is 329 g/mol. The topological polar surface area (TPSA) is 56.8 Å². The van der Waals surface area contributed by atoms with E-state index in [9.17, 15) is 4.39 Å². The van der Waals surface area contributed by atoms with Gasteiger partial charge in [0.25, 0.3) is 0 Å². The second-order valence-electron chi connectivity index (χ2n) is 7.23. The first-order valence-corrected chi connectivity index (χ1v) is 9.18. The summed E-state index contributed by atoms with van der Waals surface area (Å²) < 4.78 is 13.1. The maximum Gasteiger partial charge on any atom is 0.142 e. The number of fused-ring (bicyclic) bond motifs is 1. The average Bonchev–Trinajstić information content (AvgIpc) is 3.13. The summed E-state index contributed by atoms with van der Waals surface area (Å²) in [6, 6.07) is 8.84. The molecule has 0 spiro atoms. The fraction of sp³-hybridized carbons (Fsp3) is 0.400. The molecule has 1 aliphatic heterocycles. The van der Waals surface area contributed by atoms with E-state index in [0.29, 0.717) is 11.8 Å². The number of nitrogens with one attached hydrogen (secondary N) is 2. The summed E-state index contributed by atoms with van der Waals surface area (Å²) in [6.07, 6.45) is 4.65. The van der Waals surface area contributed by atoms with E-state index in [4.69, 9.17) is 0 Å². The van der Waals surface area contributed by atoms with E-state index >= 15 is 0 Å². The zero-order valence-electron chi connectivity index (χ0n) is 15.0. The van der Waals surface area contributed by atoms with Gasteiger partial charge in [-0.3, -0.25) is 4.90 Å². The van der Waals surface area contributed by atoms with Crippen LogP contribution in [0.15, 0.2) is 42.9 Å². The van der Waals surface area contributed by atoms with E-state index in [1.165, 1.54) is 18.6 Å². The third-order valence-electron chi connectivity index (χ3n) is 5.40. The Kier molecular flexibility index (Phi) is 4.84. The van der Waals surface area contributed by atoms with Crippen LogP contribution in [0.3, 0.4) is 0 Å². The fourth-order valence-corrected chi connectivity index (χ4v) is 3.72. The number of hydrogen-bond acceptors (Lipinski definition) is 4. The van der Waals surface area contributed by atoms with Crippen LogP contribution in [0, 0.1) is 17.7 Å². The maximum absolute atomic E-state index is 13.1. The average molecular weight is 353 g/mol. The van der Waals surface area contributed by atoms with Crippen LogP contribution in [0.5, 0.6) is 0 Å². The molecule has 0 bridgehead atoms. The van der Waals surface area contributed by atoms with Crippen LogP contribution in [0.1, 0.15) is 18.9 Å². The number of halogens is 1. The predicted octanol–water partition coefficient (Wildman–Crippen LogP) is 3.67. The van der Waals surface area contributed by atoms with Crippen molar-refractivity contribution in [1.82, 2.24) is 19.9 Å². The molecule has 0 radical (unpaired) electrons. The van der Waals surface area contributed by atoms with Crippen molar-refractivity contribution in [2.24, 2.45) is 11.8 Å². The lowest BCUT2D eigenvalue weighted by Gasteiger charge is -2.37. The molecule has 0 amide bonds. The molecule has 26 heavy (non-hydrogen) atoms. The molecule has 5 nitrogen and oxygen atoms in total. The highest BCUT2D eigenvalue weighted by Crippen LogP contribution is 2.26. The number of hydrogen-bond donors (Lipinski definition) is 2. The van der Waals surface area contributed by atoms with Gasteiger partial charge in [0.1, 0.15) is 23.6 Å². The molecule has 2 atom stereocenters. The number of piperidine rings is 1.